The number of benzene rings is 2. The molecular formula is C22H15Cl2NO5. The largest absolute Gasteiger partial charge is 0.423 e. The van der Waals surface area contributed by atoms with Crippen LogP contribution in [0.15, 0.2) is 70.4 Å². The Kier molecular flexibility index (Phi) is 6.72. The van der Waals surface area contributed by atoms with E-state index in [4.69, 9.17) is 32.4 Å². The molecule has 6 nitrogen and oxygen atoms in total. The summed E-state index contributed by atoms with van der Waals surface area (Å²) in [7, 11) is 0. The summed E-state index contributed by atoms with van der Waals surface area (Å²) in [5.74, 6) is -1.04. The topological polar surface area (TPSA) is 85.6 Å². The average molecular weight is 444 g/mol. The van der Waals surface area contributed by atoms with Crippen LogP contribution in [0, 0.1) is 0 Å². The van der Waals surface area contributed by atoms with E-state index in [1.54, 1.807) is 24.3 Å². The number of hydrogen-bond donors (Lipinski definition) is 1. The van der Waals surface area contributed by atoms with Gasteiger partial charge in [-0.05, 0) is 42.0 Å². The summed E-state index contributed by atoms with van der Waals surface area (Å²) in [5.41, 5.74) is -0.151. The zero-order valence-electron chi connectivity index (χ0n) is 15.5. The normalized spacial score (nSPS) is 10.9. The number of nitrogens with one attached hydrogen (secondary N) is 1. The Labute approximate surface area is 181 Å². The van der Waals surface area contributed by atoms with Crippen LogP contribution in [0.3, 0.4) is 0 Å². The summed E-state index contributed by atoms with van der Waals surface area (Å²) < 4.78 is 10.4. The Balaban J connectivity index is 1.77. The van der Waals surface area contributed by atoms with Crippen molar-refractivity contribution < 1.29 is 18.7 Å². The molecule has 0 unspecified atom stereocenters. The summed E-state index contributed by atoms with van der Waals surface area (Å²) in [6.45, 7) is 3.72. The molecule has 1 aromatic heterocycles. The van der Waals surface area contributed by atoms with Crippen molar-refractivity contribution >= 4 is 52.1 Å². The van der Waals surface area contributed by atoms with Crippen molar-refractivity contribution in [1.29, 1.82) is 0 Å². The fraction of sp³-hybridized carbons (Fsp3) is 0.0455. The molecule has 0 saturated heterocycles. The number of hydrogen-bond acceptors (Lipinski definition) is 5. The number of carbonyl (C=O) groups is 2. The van der Waals surface area contributed by atoms with Crippen LogP contribution in [-0.2, 0) is 4.79 Å². The highest BCUT2D eigenvalue weighted by Gasteiger charge is 2.14. The Morgan fingerprint density at radius 2 is 1.93 bits per heavy atom. The van der Waals surface area contributed by atoms with Crippen LogP contribution in [0.25, 0.3) is 17.0 Å². The van der Waals surface area contributed by atoms with Crippen molar-refractivity contribution in [1.82, 2.24) is 5.32 Å². The van der Waals surface area contributed by atoms with Crippen LogP contribution < -0.4 is 15.7 Å². The zero-order valence-corrected chi connectivity index (χ0v) is 17.0. The molecule has 8 heteroatoms. The smallest absolute Gasteiger partial charge is 0.349 e. The number of esters is 1. The van der Waals surface area contributed by atoms with Crippen molar-refractivity contribution in [2.24, 2.45) is 0 Å². The first kappa shape index (κ1) is 21.4. The first-order valence-electron chi connectivity index (χ1n) is 8.69. The van der Waals surface area contributed by atoms with Gasteiger partial charge in [0.1, 0.15) is 16.9 Å². The SMILES string of the molecule is C=CCNC(=O)c1cc2ccc(OC(=O)/C=C/c3ccc(Cl)cc3Cl)cc2oc1=O. The van der Waals surface area contributed by atoms with Gasteiger partial charge in [0, 0.05) is 34.1 Å². The van der Waals surface area contributed by atoms with Gasteiger partial charge in [0.25, 0.3) is 5.91 Å². The maximum atomic E-state index is 12.1. The number of halogens is 2. The average Bonchev–Trinajstić information content (AvgIpc) is 2.70. The van der Waals surface area contributed by atoms with Gasteiger partial charge >= 0.3 is 11.6 Å². The number of amides is 1. The monoisotopic (exact) mass is 443 g/mol. The lowest BCUT2D eigenvalue weighted by atomic mass is 10.1. The summed E-state index contributed by atoms with van der Waals surface area (Å²) in [6.07, 6.45) is 4.20. The number of carbonyl (C=O) groups excluding carboxylic acids is 2. The highest BCUT2D eigenvalue weighted by molar-refractivity contribution is 6.35. The van der Waals surface area contributed by atoms with Crippen molar-refractivity contribution in [3.05, 3.63) is 92.8 Å². The van der Waals surface area contributed by atoms with Crippen LogP contribution in [-0.4, -0.2) is 18.4 Å². The van der Waals surface area contributed by atoms with Crippen molar-refractivity contribution in [2.75, 3.05) is 6.54 Å². The molecule has 152 valence electrons. The van der Waals surface area contributed by atoms with E-state index in [2.05, 4.69) is 11.9 Å². The van der Waals surface area contributed by atoms with Crippen molar-refractivity contribution in [2.45, 2.75) is 0 Å². The Morgan fingerprint density at radius 1 is 1.13 bits per heavy atom. The van der Waals surface area contributed by atoms with E-state index in [0.29, 0.717) is 21.0 Å². The fourth-order valence-corrected chi connectivity index (χ4v) is 2.99. The highest BCUT2D eigenvalue weighted by atomic mass is 35.5. The number of fused-ring (bicyclic) bond motifs is 1. The van der Waals surface area contributed by atoms with E-state index in [1.807, 2.05) is 0 Å². The predicted octanol–water partition coefficient (Wildman–Crippen LogP) is 4.63. The van der Waals surface area contributed by atoms with Gasteiger partial charge in [-0.3, -0.25) is 4.79 Å². The van der Waals surface area contributed by atoms with Gasteiger partial charge in [-0.2, -0.15) is 0 Å². The molecule has 30 heavy (non-hydrogen) atoms. The minimum Gasteiger partial charge on any atom is -0.423 e. The lowest BCUT2D eigenvalue weighted by molar-refractivity contribution is -0.128. The maximum Gasteiger partial charge on any atom is 0.349 e. The third kappa shape index (κ3) is 5.17. The predicted molar refractivity (Wildman–Crippen MR) is 116 cm³/mol. The second kappa shape index (κ2) is 9.43. The molecule has 0 aliphatic heterocycles. The van der Waals surface area contributed by atoms with Crippen molar-refractivity contribution in [3.63, 3.8) is 0 Å². The molecule has 0 aliphatic rings. The van der Waals surface area contributed by atoms with Gasteiger partial charge in [0.2, 0.25) is 0 Å². The van der Waals surface area contributed by atoms with Crippen molar-refractivity contribution in [3.8, 4) is 5.75 Å². The molecule has 3 aromatic rings. The third-order valence-corrected chi connectivity index (χ3v) is 4.50. The summed E-state index contributed by atoms with van der Waals surface area (Å²) in [4.78, 5) is 36.2. The standard InChI is InChI=1S/C22H15Cl2NO5/c1-2-9-25-21(27)17-10-14-4-7-16(12-19(14)30-22(17)28)29-20(26)8-5-13-3-6-15(23)11-18(13)24/h2-8,10-12H,1,9H2,(H,25,27)/b8-5+. The molecule has 0 bridgehead atoms. The molecule has 2 aromatic carbocycles. The Morgan fingerprint density at radius 3 is 2.67 bits per heavy atom. The molecule has 3 rings (SSSR count). The summed E-state index contributed by atoms with van der Waals surface area (Å²) in [5, 5.41) is 3.90. The minimum atomic E-state index is -0.801. The Bertz CT molecular complexity index is 1230. The van der Waals surface area contributed by atoms with Crippen LogP contribution >= 0.6 is 23.2 Å². The van der Waals surface area contributed by atoms with Gasteiger partial charge in [-0.1, -0.05) is 35.3 Å². The molecule has 1 amide bonds. The second-order valence-corrected chi connectivity index (χ2v) is 6.91. The van der Waals surface area contributed by atoms with E-state index in [0.717, 1.165) is 0 Å². The Hall–Kier alpha value is -3.35. The van der Waals surface area contributed by atoms with E-state index in [-0.39, 0.29) is 23.4 Å². The zero-order chi connectivity index (χ0) is 21.7. The van der Waals surface area contributed by atoms with Gasteiger partial charge in [-0.25, -0.2) is 9.59 Å². The number of ether oxygens (including phenoxy) is 1. The highest BCUT2D eigenvalue weighted by Crippen LogP contribution is 2.23. The van der Waals surface area contributed by atoms with E-state index in [9.17, 15) is 14.4 Å². The van der Waals surface area contributed by atoms with E-state index < -0.39 is 17.5 Å². The fourth-order valence-electron chi connectivity index (χ4n) is 2.52. The molecule has 0 spiro atoms. The molecule has 1 heterocycles. The summed E-state index contributed by atoms with van der Waals surface area (Å²) in [6, 6.07) is 10.8. The van der Waals surface area contributed by atoms with E-state index in [1.165, 1.54) is 36.4 Å². The molecular weight excluding hydrogens is 429 g/mol. The molecule has 0 fully saturated rings. The quantitative estimate of drug-likeness (QED) is 0.197. The van der Waals surface area contributed by atoms with Crippen LogP contribution in [0.5, 0.6) is 5.75 Å². The van der Waals surface area contributed by atoms with Gasteiger partial charge in [-0.15, -0.1) is 6.58 Å². The van der Waals surface area contributed by atoms with Gasteiger partial charge in [0.05, 0.1) is 0 Å². The lowest BCUT2D eigenvalue weighted by Crippen LogP contribution is -2.28. The third-order valence-electron chi connectivity index (χ3n) is 3.94. The van der Waals surface area contributed by atoms with E-state index >= 15 is 0 Å². The molecule has 0 saturated carbocycles. The summed E-state index contributed by atoms with van der Waals surface area (Å²) >= 11 is 11.9. The van der Waals surface area contributed by atoms with Gasteiger partial charge < -0.3 is 14.5 Å². The molecule has 1 N–H and O–H groups in total. The molecule has 0 radical (unpaired) electrons. The van der Waals surface area contributed by atoms with Crippen LogP contribution in [0.4, 0.5) is 0 Å². The maximum absolute atomic E-state index is 12.1. The minimum absolute atomic E-state index is 0.128. The second-order valence-electron chi connectivity index (χ2n) is 6.07. The molecule has 0 aliphatic carbocycles. The van der Waals surface area contributed by atoms with Crippen LogP contribution in [0.2, 0.25) is 10.0 Å². The first-order valence-corrected chi connectivity index (χ1v) is 9.45. The van der Waals surface area contributed by atoms with Crippen LogP contribution in [0.1, 0.15) is 15.9 Å². The first-order chi connectivity index (χ1) is 14.4. The van der Waals surface area contributed by atoms with Gasteiger partial charge in [0.15, 0.2) is 0 Å². The molecule has 0 atom stereocenters. The lowest BCUT2D eigenvalue weighted by Gasteiger charge is -2.05. The number of rotatable bonds is 6.